The van der Waals surface area contributed by atoms with Gasteiger partial charge in [-0.3, -0.25) is 9.59 Å². The molecular weight excluding hydrogens is 390 g/mol. The minimum Gasteiger partial charge on any atom is -0.494 e. The summed E-state index contributed by atoms with van der Waals surface area (Å²) in [6.45, 7) is 5.08. The van der Waals surface area contributed by atoms with Gasteiger partial charge in [0.15, 0.2) is 0 Å². The summed E-state index contributed by atoms with van der Waals surface area (Å²) in [5.41, 5.74) is 2.72. The van der Waals surface area contributed by atoms with Crippen molar-refractivity contribution in [2.24, 2.45) is 0 Å². The Balaban J connectivity index is 1.62. The molecule has 0 heterocycles. The molecular formula is C25H27N3O3. The van der Waals surface area contributed by atoms with Crippen LogP contribution in [0.3, 0.4) is 0 Å². The summed E-state index contributed by atoms with van der Waals surface area (Å²) in [5, 5.41) is 5.92. The molecule has 0 aliphatic rings. The molecule has 3 rings (SSSR count). The van der Waals surface area contributed by atoms with Gasteiger partial charge in [-0.05, 0) is 56.3 Å². The largest absolute Gasteiger partial charge is 0.494 e. The molecule has 0 atom stereocenters. The van der Waals surface area contributed by atoms with Crippen molar-refractivity contribution >= 4 is 28.9 Å². The second-order valence-corrected chi connectivity index (χ2v) is 6.83. The van der Waals surface area contributed by atoms with Crippen LogP contribution in [0.25, 0.3) is 0 Å². The fourth-order valence-electron chi connectivity index (χ4n) is 3.19. The van der Waals surface area contributed by atoms with Crippen LogP contribution in [-0.4, -0.2) is 31.5 Å². The number of nitrogens with one attached hydrogen (secondary N) is 2. The first-order valence-corrected chi connectivity index (χ1v) is 10.3. The molecule has 6 nitrogen and oxygen atoms in total. The van der Waals surface area contributed by atoms with E-state index in [-0.39, 0.29) is 18.4 Å². The molecule has 2 N–H and O–H groups in total. The van der Waals surface area contributed by atoms with E-state index in [1.165, 1.54) is 0 Å². The number of nitrogens with zero attached hydrogens (tertiary/aromatic N) is 1. The average molecular weight is 418 g/mol. The highest BCUT2D eigenvalue weighted by Gasteiger charge is 2.16. The summed E-state index contributed by atoms with van der Waals surface area (Å²) in [7, 11) is 0. The molecule has 0 radical (unpaired) electrons. The molecule has 31 heavy (non-hydrogen) atoms. The lowest BCUT2D eigenvalue weighted by molar-refractivity contribution is -0.114. The zero-order valence-electron chi connectivity index (χ0n) is 17.8. The smallest absolute Gasteiger partial charge is 0.258 e. The van der Waals surface area contributed by atoms with Gasteiger partial charge in [-0.2, -0.15) is 0 Å². The number of carbonyl (C=O) groups is 2. The summed E-state index contributed by atoms with van der Waals surface area (Å²) in [6, 6.07) is 24.0. The molecule has 3 aromatic rings. The van der Waals surface area contributed by atoms with Crippen molar-refractivity contribution in [3.05, 3.63) is 84.4 Å². The maximum absolute atomic E-state index is 13.0. The van der Waals surface area contributed by atoms with Crippen molar-refractivity contribution < 1.29 is 14.3 Å². The summed E-state index contributed by atoms with van der Waals surface area (Å²) in [6.07, 6.45) is 0. The molecule has 0 saturated carbocycles. The first kappa shape index (κ1) is 21.9. The minimum atomic E-state index is -0.207. The summed E-state index contributed by atoms with van der Waals surface area (Å²) in [5.74, 6) is 0.426. The van der Waals surface area contributed by atoms with Gasteiger partial charge in [-0.15, -0.1) is 0 Å². The predicted octanol–water partition coefficient (Wildman–Crippen LogP) is 4.80. The highest BCUT2D eigenvalue weighted by Crippen LogP contribution is 2.19. The third-order valence-electron chi connectivity index (χ3n) is 4.62. The maximum Gasteiger partial charge on any atom is 0.258 e. The van der Waals surface area contributed by atoms with Crippen LogP contribution in [-0.2, 0) is 4.79 Å². The van der Waals surface area contributed by atoms with E-state index in [9.17, 15) is 9.59 Å². The Morgan fingerprint density at radius 1 is 0.871 bits per heavy atom. The van der Waals surface area contributed by atoms with Crippen LogP contribution in [0.4, 0.5) is 17.1 Å². The molecule has 0 aromatic heterocycles. The van der Waals surface area contributed by atoms with E-state index in [1.807, 2.05) is 68.4 Å². The van der Waals surface area contributed by atoms with Gasteiger partial charge in [0.1, 0.15) is 5.75 Å². The molecule has 0 bridgehead atoms. The number of para-hydroxylation sites is 1. The number of ether oxygens (including phenoxy) is 1. The van der Waals surface area contributed by atoms with Crippen LogP contribution in [0.2, 0.25) is 0 Å². The summed E-state index contributed by atoms with van der Waals surface area (Å²) in [4.78, 5) is 27.1. The monoisotopic (exact) mass is 417 g/mol. The highest BCUT2D eigenvalue weighted by atomic mass is 16.5. The van der Waals surface area contributed by atoms with E-state index in [0.717, 1.165) is 17.1 Å². The molecule has 0 unspecified atom stereocenters. The van der Waals surface area contributed by atoms with Gasteiger partial charge < -0.3 is 20.3 Å². The Labute approximate surface area is 182 Å². The molecule has 0 spiro atoms. The quantitative estimate of drug-likeness (QED) is 0.525. The van der Waals surface area contributed by atoms with Crippen LogP contribution >= 0.6 is 0 Å². The third kappa shape index (κ3) is 6.09. The molecule has 0 aliphatic heterocycles. The number of benzene rings is 3. The van der Waals surface area contributed by atoms with Crippen LogP contribution in [0.1, 0.15) is 24.2 Å². The van der Waals surface area contributed by atoms with Crippen molar-refractivity contribution in [2.45, 2.75) is 13.8 Å². The number of amides is 2. The van der Waals surface area contributed by atoms with Crippen molar-refractivity contribution in [3.8, 4) is 5.75 Å². The molecule has 6 heteroatoms. The van der Waals surface area contributed by atoms with E-state index in [1.54, 1.807) is 29.2 Å². The van der Waals surface area contributed by atoms with E-state index >= 15 is 0 Å². The van der Waals surface area contributed by atoms with Crippen LogP contribution in [0, 0.1) is 0 Å². The minimum absolute atomic E-state index is 0.0961. The van der Waals surface area contributed by atoms with Crippen LogP contribution < -0.4 is 20.3 Å². The van der Waals surface area contributed by atoms with Gasteiger partial charge in [0.2, 0.25) is 5.91 Å². The van der Waals surface area contributed by atoms with Crippen LogP contribution in [0.15, 0.2) is 78.9 Å². The first-order valence-electron chi connectivity index (χ1n) is 10.3. The lowest BCUT2D eigenvalue weighted by Gasteiger charge is -2.21. The van der Waals surface area contributed by atoms with Crippen molar-refractivity contribution in [2.75, 3.05) is 35.2 Å². The van der Waals surface area contributed by atoms with Crippen molar-refractivity contribution in [3.63, 3.8) is 0 Å². The fraction of sp³-hybridized carbons (Fsp3) is 0.200. The number of anilines is 3. The van der Waals surface area contributed by atoms with E-state index < -0.39 is 0 Å². The van der Waals surface area contributed by atoms with E-state index in [0.29, 0.717) is 24.4 Å². The average Bonchev–Trinajstić information content (AvgIpc) is 2.79. The zero-order valence-corrected chi connectivity index (χ0v) is 17.8. The highest BCUT2D eigenvalue weighted by molar-refractivity contribution is 6.07. The normalized spacial score (nSPS) is 10.3. The van der Waals surface area contributed by atoms with Gasteiger partial charge in [-0.25, -0.2) is 0 Å². The molecule has 0 saturated heterocycles. The number of carbonyl (C=O) groups excluding carboxylic acids is 2. The standard InChI is InChI=1S/C25H27N3O3/c1-3-28(22-13-6-5-7-14-22)25(30)19-10-8-12-21(16-19)27-24(29)18-26-20-11-9-15-23(17-20)31-4-2/h5-17,26H,3-4,18H2,1-2H3,(H,27,29). The zero-order chi connectivity index (χ0) is 22.1. The first-order chi connectivity index (χ1) is 15.1. The number of hydrogen-bond acceptors (Lipinski definition) is 4. The van der Waals surface area contributed by atoms with E-state index in [4.69, 9.17) is 4.74 Å². The lowest BCUT2D eigenvalue weighted by Crippen LogP contribution is -2.30. The number of hydrogen-bond donors (Lipinski definition) is 2. The number of rotatable bonds is 9. The fourth-order valence-corrected chi connectivity index (χ4v) is 3.19. The van der Waals surface area contributed by atoms with Gasteiger partial charge in [-0.1, -0.05) is 30.3 Å². The summed E-state index contributed by atoms with van der Waals surface area (Å²) < 4.78 is 5.47. The molecule has 0 fully saturated rings. The van der Waals surface area contributed by atoms with Gasteiger partial charge in [0.25, 0.3) is 5.91 Å². The Bertz CT molecular complexity index is 1020. The SMILES string of the molecule is CCOc1cccc(NCC(=O)Nc2cccc(C(=O)N(CC)c3ccccc3)c2)c1. The van der Waals surface area contributed by atoms with Gasteiger partial charge >= 0.3 is 0 Å². The molecule has 3 aromatic carbocycles. The molecule has 0 aliphatic carbocycles. The lowest BCUT2D eigenvalue weighted by atomic mass is 10.1. The van der Waals surface area contributed by atoms with Crippen molar-refractivity contribution in [1.29, 1.82) is 0 Å². The predicted molar refractivity (Wildman–Crippen MR) is 125 cm³/mol. The summed E-state index contributed by atoms with van der Waals surface area (Å²) >= 11 is 0. The molecule has 160 valence electrons. The van der Waals surface area contributed by atoms with Gasteiger partial charge in [0, 0.05) is 35.2 Å². The topological polar surface area (TPSA) is 70.7 Å². The Kier molecular flexibility index (Phi) is 7.65. The van der Waals surface area contributed by atoms with Crippen molar-refractivity contribution in [1.82, 2.24) is 0 Å². The Hall–Kier alpha value is -3.80. The Morgan fingerprint density at radius 3 is 2.35 bits per heavy atom. The second kappa shape index (κ2) is 10.8. The van der Waals surface area contributed by atoms with Gasteiger partial charge in [0.05, 0.1) is 13.2 Å². The van der Waals surface area contributed by atoms with E-state index in [2.05, 4.69) is 10.6 Å². The Morgan fingerprint density at radius 2 is 1.61 bits per heavy atom. The maximum atomic E-state index is 13.0. The molecule has 2 amide bonds. The third-order valence-corrected chi connectivity index (χ3v) is 4.62. The second-order valence-electron chi connectivity index (χ2n) is 6.83. The van der Waals surface area contributed by atoms with Crippen LogP contribution in [0.5, 0.6) is 5.75 Å².